The first kappa shape index (κ1) is 17.1. The number of anilines is 3. The van der Waals surface area contributed by atoms with Gasteiger partial charge in [-0.2, -0.15) is 0 Å². The zero-order chi connectivity index (χ0) is 17.0. The van der Waals surface area contributed by atoms with Crippen LogP contribution in [-0.4, -0.2) is 33.5 Å². The van der Waals surface area contributed by atoms with E-state index in [-0.39, 0.29) is 11.5 Å². The molecule has 2 aromatic rings. The van der Waals surface area contributed by atoms with E-state index in [1.807, 2.05) is 13.8 Å². The van der Waals surface area contributed by atoms with Crippen LogP contribution in [0.1, 0.15) is 30.3 Å². The molecule has 0 saturated carbocycles. The van der Waals surface area contributed by atoms with Crippen molar-refractivity contribution in [3.8, 4) is 0 Å². The van der Waals surface area contributed by atoms with Crippen molar-refractivity contribution in [3.05, 3.63) is 27.0 Å². The van der Waals surface area contributed by atoms with E-state index < -0.39 is 4.92 Å². The van der Waals surface area contributed by atoms with Crippen LogP contribution in [0.25, 0.3) is 0 Å². The summed E-state index contributed by atoms with van der Waals surface area (Å²) in [5.74, 6) is 0.475. The van der Waals surface area contributed by atoms with Crippen molar-refractivity contribution in [3.63, 3.8) is 0 Å². The molecule has 0 unspecified atom stereocenters. The third kappa shape index (κ3) is 3.92. The van der Waals surface area contributed by atoms with Crippen molar-refractivity contribution >= 4 is 33.8 Å². The zero-order valence-electron chi connectivity index (χ0n) is 13.7. The fourth-order valence-corrected chi connectivity index (χ4v) is 2.85. The van der Waals surface area contributed by atoms with E-state index in [1.54, 1.807) is 11.9 Å². The molecule has 0 aliphatic rings. The number of thiazole rings is 1. The van der Waals surface area contributed by atoms with E-state index in [9.17, 15) is 10.1 Å². The van der Waals surface area contributed by atoms with Gasteiger partial charge in [-0.1, -0.05) is 13.3 Å². The summed E-state index contributed by atoms with van der Waals surface area (Å²) in [5.41, 5.74) is 0.770. The summed E-state index contributed by atoms with van der Waals surface area (Å²) in [5, 5.41) is 15.1. The third-order valence-corrected chi connectivity index (χ3v) is 4.44. The first-order valence-electron chi connectivity index (χ1n) is 7.35. The van der Waals surface area contributed by atoms with Gasteiger partial charge in [-0.25, -0.2) is 15.0 Å². The van der Waals surface area contributed by atoms with Gasteiger partial charge >= 0.3 is 5.69 Å². The lowest BCUT2D eigenvalue weighted by Gasteiger charge is -2.18. The number of aryl methyl sites for hydroxylation is 2. The molecule has 0 atom stereocenters. The summed E-state index contributed by atoms with van der Waals surface area (Å²) in [6.45, 7) is 6.62. The molecule has 124 valence electrons. The predicted octanol–water partition coefficient (Wildman–Crippen LogP) is 3.44. The molecule has 0 aliphatic carbocycles. The summed E-state index contributed by atoms with van der Waals surface area (Å²) < 4.78 is 0. The summed E-state index contributed by atoms with van der Waals surface area (Å²) in [6.07, 6.45) is 3.28. The van der Waals surface area contributed by atoms with Crippen molar-refractivity contribution in [2.75, 3.05) is 23.8 Å². The molecule has 0 amide bonds. The lowest BCUT2D eigenvalue weighted by molar-refractivity contribution is -0.383. The lowest BCUT2D eigenvalue weighted by Crippen LogP contribution is -2.21. The van der Waals surface area contributed by atoms with Crippen molar-refractivity contribution in [2.45, 2.75) is 33.6 Å². The van der Waals surface area contributed by atoms with Crippen molar-refractivity contribution < 1.29 is 4.92 Å². The highest BCUT2D eigenvalue weighted by Gasteiger charge is 2.26. The lowest BCUT2D eigenvalue weighted by atomic mass is 10.3. The van der Waals surface area contributed by atoms with Gasteiger partial charge < -0.3 is 10.2 Å². The molecule has 23 heavy (non-hydrogen) atoms. The molecule has 2 aromatic heterocycles. The summed E-state index contributed by atoms with van der Waals surface area (Å²) in [7, 11) is 1.80. The normalized spacial score (nSPS) is 10.6. The SMILES string of the molecule is CCCCN(C)c1ncnc(Nc2nc(C)c(C)s2)c1[N+](=O)[O-]. The highest BCUT2D eigenvalue weighted by molar-refractivity contribution is 7.15. The highest BCUT2D eigenvalue weighted by atomic mass is 32.1. The molecule has 0 aromatic carbocycles. The van der Waals surface area contributed by atoms with Crippen LogP contribution in [0.2, 0.25) is 0 Å². The van der Waals surface area contributed by atoms with E-state index in [2.05, 4.69) is 27.2 Å². The van der Waals surface area contributed by atoms with Crippen molar-refractivity contribution in [1.29, 1.82) is 0 Å². The van der Waals surface area contributed by atoms with Crippen LogP contribution in [0.15, 0.2) is 6.33 Å². The van der Waals surface area contributed by atoms with Gasteiger partial charge in [0.15, 0.2) is 5.13 Å². The molecule has 9 heteroatoms. The van der Waals surface area contributed by atoms with Crippen LogP contribution in [-0.2, 0) is 0 Å². The van der Waals surface area contributed by atoms with E-state index in [1.165, 1.54) is 17.7 Å². The predicted molar refractivity (Wildman–Crippen MR) is 91.7 cm³/mol. The number of rotatable bonds is 7. The third-order valence-electron chi connectivity index (χ3n) is 3.45. The van der Waals surface area contributed by atoms with Crippen LogP contribution in [0.4, 0.5) is 22.5 Å². The maximum atomic E-state index is 11.5. The van der Waals surface area contributed by atoms with Crippen LogP contribution < -0.4 is 10.2 Å². The Bertz CT molecular complexity index is 683. The second-order valence-electron chi connectivity index (χ2n) is 5.21. The number of aromatic nitrogens is 3. The maximum absolute atomic E-state index is 11.5. The van der Waals surface area contributed by atoms with Gasteiger partial charge in [-0.3, -0.25) is 10.1 Å². The quantitative estimate of drug-likeness (QED) is 0.611. The minimum absolute atomic E-state index is 0.128. The Morgan fingerprint density at radius 2 is 2.13 bits per heavy atom. The van der Waals surface area contributed by atoms with Crippen LogP contribution in [0.5, 0.6) is 0 Å². The molecule has 1 N–H and O–H groups in total. The van der Waals surface area contributed by atoms with Gasteiger partial charge in [0.25, 0.3) is 0 Å². The zero-order valence-corrected chi connectivity index (χ0v) is 14.5. The topological polar surface area (TPSA) is 97.1 Å². The van der Waals surface area contributed by atoms with E-state index in [0.29, 0.717) is 17.5 Å². The monoisotopic (exact) mass is 336 g/mol. The molecule has 0 bridgehead atoms. The Morgan fingerprint density at radius 3 is 2.70 bits per heavy atom. The molecule has 0 radical (unpaired) electrons. The maximum Gasteiger partial charge on any atom is 0.353 e. The fraction of sp³-hybridized carbons (Fsp3) is 0.500. The number of unbranched alkanes of at least 4 members (excludes halogenated alkanes) is 1. The molecule has 2 heterocycles. The summed E-state index contributed by atoms with van der Waals surface area (Å²) >= 11 is 1.44. The van der Waals surface area contributed by atoms with Gasteiger partial charge in [-0.05, 0) is 20.3 Å². The number of nitrogens with zero attached hydrogens (tertiary/aromatic N) is 5. The highest BCUT2D eigenvalue weighted by Crippen LogP contribution is 2.34. The second kappa shape index (κ2) is 7.32. The second-order valence-corrected chi connectivity index (χ2v) is 6.42. The number of hydrogen-bond acceptors (Lipinski definition) is 8. The molecular formula is C14H20N6O2S. The summed E-state index contributed by atoms with van der Waals surface area (Å²) in [4.78, 5) is 26.4. The van der Waals surface area contributed by atoms with Crippen LogP contribution in [0.3, 0.4) is 0 Å². The first-order chi connectivity index (χ1) is 10.9. The van der Waals surface area contributed by atoms with Crippen molar-refractivity contribution in [1.82, 2.24) is 15.0 Å². The number of hydrogen-bond donors (Lipinski definition) is 1. The van der Waals surface area contributed by atoms with Crippen LogP contribution >= 0.6 is 11.3 Å². The minimum atomic E-state index is -0.451. The molecule has 0 saturated heterocycles. The Morgan fingerprint density at radius 1 is 1.39 bits per heavy atom. The largest absolute Gasteiger partial charge is 0.354 e. The number of nitrogens with one attached hydrogen (secondary N) is 1. The van der Waals surface area contributed by atoms with Gasteiger partial charge in [0, 0.05) is 18.5 Å². The Labute approximate surface area is 138 Å². The molecule has 0 aliphatic heterocycles. The molecule has 2 rings (SSSR count). The van der Waals surface area contributed by atoms with Crippen LogP contribution in [0, 0.1) is 24.0 Å². The smallest absolute Gasteiger partial charge is 0.353 e. The average molecular weight is 336 g/mol. The number of nitro groups is 1. The standard InChI is InChI=1S/C14H20N6O2S/c1-5-6-7-19(4)13-11(20(21)22)12(15-8-16-13)18-14-17-9(2)10(3)23-14/h8H,5-7H2,1-4H3,(H,15,16,17,18). The first-order valence-corrected chi connectivity index (χ1v) is 8.17. The Balaban J connectivity index is 2.37. The van der Waals surface area contributed by atoms with Gasteiger partial charge in [0.05, 0.1) is 10.6 Å². The van der Waals surface area contributed by atoms with E-state index in [4.69, 9.17) is 0 Å². The van der Waals surface area contributed by atoms with E-state index in [0.717, 1.165) is 23.4 Å². The minimum Gasteiger partial charge on any atom is -0.354 e. The Kier molecular flexibility index (Phi) is 5.43. The molecular weight excluding hydrogens is 316 g/mol. The van der Waals surface area contributed by atoms with Gasteiger partial charge in [-0.15, -0.1) is 11.3 Å². The fourth-order valence-electron chi connectivity index (χ4n) is 2.04. The van der Waals surface area contributed by atoms with E-state index >= 15 is 0 Å². The Hall–Kier alpha value is -2.29. The summed E-state index contributed by atoms with van der Waals surface area (Å²) in [6, 6.07) is 0. The molecule has 0 spiro atoms. The van der Waals surface area contributed by atoms with Gasteiger partial charge in [0.1, 0.15) is 6.33 Å². The molecule has 0 fully saturated rings. The van der Waals surface area contributed by atoms with Crippen molar-refractivity contribution in [2.24, 2.45) is 0 Å². The molecule has 8 nitrogen and oxygen atoms in total. The van der Waals surface area contributed by atoms with Gasteiger partial charge in [0.2, 0.25) is 11.6 Å². The average Bonchev–Trinajstić information content (AvgIpc) is 2.82.